The van der Waals surface area contributed by atoms with Gasteiger partial charge in [0.2, 0.25) is 6.54 Å². The van der Waals surface area contributed by atoms with Crippen molar-refractivity contribution < 1.29 is 33.5 Å². The second kappa shape index (κ2) is 8.37. The van der Waals surface area contributed by atoms with Crippen LogP contribution in [0, 0.1) is 27.9 Å². The molecule has 1 saturated carbocycles. The van der Waals surface area contributed by atoms with Crippen LogP contribution in [0.4, 0.5) is 0 Å². The average molecular weight is 391 g/mol. The second-order valence-corrected chi connectivity index (χ2v) is 7.08. The van der Waals surface area contributed by atoms with Gasteiger partial charge in [0, 0.05) is 28.7 Å². The Bertz CT molecular complexity index is 805. The summed E-state index contributed by atoms with van der Waals surface area (Å²) in [7, 11) is 0. The van der Waals surface area contributed by atoms with Gasteiger partial charge in [-0.05, 0) is 24.1 Å². The number of hydrogen-bond donors (Lipinski definition) is 0. The summed E-state index contributed by atoms with van der Waals surface area (Å²) in [5, 5.41) is 10.8. The van der Waals surface area contributed by atoms with Crippen LogP contribution in [0.3, 0.4) is 0 Å². The number of ether oxygens (including phenoxy) is 3. The number of carbonyl (C=O) groups excluding carboxylic acids is 3. The standard InChI is InChI=1S/C19H21NO8/c1-11-6-15(21)13(14(11)9-20(24)25)8-19(23)28-10-16(22)12-2-3-17-18(7-12)27-5-4-26-17/h2-3,7,11,13-14H,4-6,8-10H2,1H3/t11-,13-,14-/m1/s1. The number of rotatable bonds is 7. The molecule has 1 heterocycles. The summed E-state index contributed by atoms with van der Waals surface area (Å²) in [5.74, 6) is -1.70. The predicted octanol–water partition coefficient (Wildman–Crippen LogP) is 1.69. The van der Waals surface area contributed by atoms with Crippen LogP contribution in [0.2, 0.25) is 0 Å². The van der Waals surface area contributed by atoms with E-state index in [1.165, 1.54) is 6.07 Å². The Morgan fingerprint density at radius 2 is 1.96 bits per heavy atom. The van der Waals surface area contributed by atoms with E-state index in [9.17, 15) is 24.5 Å². The monoisotopic (exact) mass is 391 g/mol. The van der Waals surface area contributed by atoms with Crippen molar-refractivity contribution in [3.63, 3.8) is 0 Å². The van der Waals surface area contributed by atoms with Crippen molar-refractivity contribution in [2.24, 2.45) is 17.8 Å². The molecule has 0 N–H and O–H groups in total. The quantitative estimate of drug-likeness (QED) is 0.298. The third-order valence-corrected chi connectivity index (χ3v) is 5.16. The average Bonchev–Trinajstić information content (AvgIpc) is 2.92. The molecule has 0 spiro atoms. The highest BCUT2D eigenvalue weighted by molar-refractivity contribution is 5.98. The van der Waals surface area contributed by atoms with E-state index in [-0.39, 0.29) is 31.1 Å². The summed E-state index contributed by atoms with van der Waals surface area (Å²) in [6.07, 6.45) is -0.0390. The van der Waals surface area contributed by atoms with Gasteiger partial charge in [0.1, 0.15) is 19.0 Å². The molecule has 0 radical (unpaired) electrons. The van der Waals surface area contributed by atoms with E-state index < -0.39 is 35.1 Å². The molecule has 150 valence electrons. The molecule has 1 aromatic rings. The molecular formula is C19H21NO8. The van der Waals surface area contributed by atoms with Gasteiger partial charge >= 0.3 is 5.97 Å². The number of nitro groups is 1. The molecule has 28 heavy (non-hydrogen) atoms. The van der Waals surface area contributed by atoms with Crippen molar-refractivity contribution in [2.45, 2.75) is 19.8 Å². The zero-order valence-electron chi connectivity index (χ0n) is 15.4. The highest BCUT2D eigenvalue weighted by Crippen LogP contribution is 2.36. The first kappa shape index (κ1) is 19.8. The first-order chi connectivity index (χ1) is 13.3. The highest BCUT2D eigenvalue weighted by Gasteiger charge is 2.44. The molecule has 1 aliphatic carbocycles. The van der Waals surface area contributed by atoms with Gasteiger partial charge in [-0.1, -0.05) is 6.92 Å². The molecule has 0 amide bonds. The minimum absolute atomic E-state index is 0.157. The second-order valence-electron chi connectivity index (χ2n) is 7.08. The number of fused-ring (bicyclic) bond motifs is 1. The number of nitrogens with zero attached hydrogens (tertiary/aromatic N) is 1. The first-order valence-corrected chi connectivity index (χ1v) is 9.08. The largest absolute Gasteiger partial charge is 0.486 e. The molecule has 3 atom stereocenters. The van der Waals surface area contributed by atoms with E-state index in [2.05, 4.69) is 0 Å². The normalized spacial score (nSPS) is 23.3. The maximum absolute atomic E-state index is 12.3. The first-order valence-electron chi connectivity index (χ1n) is 9.08. The smallest absolute Gasteiger partial charge is 0.306 e. The van der Waals surface area contributed by atoms with Gasteiger partial charge in [-0.2, -0.15) is 0 Å². The summed E-state index contributed by atoms with van der Waals surface area (Å²) in [4.78, 5) is 46.8. The van der Waals surface area contributed by atoms with Gasteiger partial charge < -0.3 is 14.2 Å². The molecule has 0 unspecified atom stereocenters. The summed E-state index contributed by atoms with van der Waals surface area (Å²) >= 11 is 0. The fraction of sp³-hybridized carbons (Fsp3) is 0.526. The summed E-state index contributed by atoms with van der Waals surface area (Å²) < 4.78 is 15.8. The Balaban J connectivity index is 1.55. The zero-order chi connectivity index (χ0) is 20.3. The maximum atomic E-state index is 12.3. The zero-order valence-corrected chi connectivity index (χ0v) is 15.4. The van der Waals surface area contributed by atoms with Crippen molar-refractivity contribution in [1.82, 2.24) is 0 Å². The van der Waals surface area contributed by atoms with Crippen LogP contribution in [0.15, 0.2) is 18.2 Å². The van der Waals surface area contributed by atoms with Crippen molar-refractivity contribution in [1.29, 1.82) is 0 Å². The third-order valence-electron chi connectivity index (χ3n) is 5.16. The van der Waals surface area contributed by atoms with E-state index >= 15 is 0 Å². The number of benzene rings is 1. The van der Waals surface area contributed by atoms with Crippen molar-refractivity contribution in [2.75, 3.05) is 26.4 Å². The van der Waals surface area contributed by atoms with Gasteiger partial charge in [-0.3, -0.25) is 24.5 Å². The fourth-order valence-corrected chi connectivity index (χ4v) is 3.68. The fourth-order valence-electron chi connectivity index (χ4n) is 3.68. The lowest BCUT2D eigenvalue weighted by molar-refractivity contribution is -0.490. The Labute approximate surface area is 161 Å². The van der Waals surface area contributed by atoms with Gasteiger partial charge in [0.15, 0.2) is 23.9 Å². The van der Waals surface area contributed by atoms with Gasteiger partial charge in [0.05, 0.1) is 6.42 Å². The molecule has 1 aliphatic heterocycles. The topological polar surface area (TPSA) is 122 Å². The van der Waals surface area contributed by atoms with Crippen LogP contribution < -0.4 is 9.47 Å². The van der Waals surface area contributed by atoms with E-state index in [1.807, 2.05) is 0 Å². The Morgan fingerprint density at radius 3 is 2.68 bits per heavy atom. The Morgan fingerprint density at radius 1 is 1.25 bits per heavy atom. The molecule has 1 fully saturated rings. The van der Waals surface area contributed by atoms with Crippen LogP contribution in [0.1, 0.15) is 30.1 Å². The number of Topliss-reactive ketones (excluding diaryl/α,β-unsaturated/α-hetero) is 2. The van der Waals surface area contributed by atoms with E-state index in [0.29, 0.717) is 30.3 Å². The lowest BCUT2D eigenvalue weighted by Crippen LogP contribution is -2.28. The predicted molar refractivity (Wildman–Crippen MR) is 95.0 cm³/mol. The summed E-state index contributed by atoms with van der Waals surface area (Å²) in [6, 6.07) is 4.70. The minimum atomic E-state index is -0.739. The number of ketones is 2. The number of esters is 1. The van der Waals surface area contributed by atoms with Gasteiger partial charge in [-0.15, -0.1) is 0 Å². The molecule has 3 rings (SSSR count). The van der Waals surface area contributed by atoms with Gasteiger partial charge in [0.25, 0.3) is 0 Å². The Kier molecular flexibility index (Phi) is 5.91. The molecule has 0 bridgehead atoms. The van der Waals surface area contributed by atoms with Crippen molar-refractivity contribution >= 4 is 17.5 Å². The molecule has 0 saturated heterocycles. The van der Waals surface area contributed by atoms with Crippen LogP contribution in [-0.4, -0.2) is 48.8 Å². The lowest BCUT2D eigenvalue weighted by Gasteiger charge is -2.18. The van der Waals surface area contributed by atoms with Crippen LogP contribution in [0.25, 0.3) is 0 Å². The molecule has 2 aliphatic rings. The third kappa shape index (κ3) is 4.47. The molecule has 1 aromatic carbocycles. The summed E-state index contributed by atoms with van der Waals surface area (Å²) in [6.45, 7) is 1.76. The minimum Gasteiger partial charge on any atom is -0.486 e. The lowest BCUT2D eigenvalue weighted by atomic mass is 9.88. The SMILES string of the molecule is C[C@@H]1CC(=O)[C@H](CC(=O)OCC(=O)c2ccc3c(c2)OCCO3)[C@@H]1C[N+](=O)[O-]. The highest BCUT2D eigenvalue weighted by atomic mass is 16.6. The van der Waals surface area contributed by atoms with Crippen LogP contribution in [-0.2, 0) is 14.3 Å². The summed E-state index contributed by atoms with van der Waals surface area (Å²) in [5.41, 5.74) is 0.314. The van der Waals surface area contributed by atoms with Crippen LogP contribution in [0.5, 0.6) is 11.5 Å². The maximum Gasteiger partial charge on any atom is 0.306 e. The Hall–Kier alpha value is -2.97. The van der Waals surface area contributed by atoms with E-state index in [4.69, 9.17) is 14.2 Å². The van der Waals surface area contributed by atoms with E-state index in [1.54, 1.807) is 19.1 Å². The van der Waals surface area contributed by atoms with Crippen molar-refractivity contribution in [3.05, 3.63) is 33.9 Å². The molecule has 0 aromatic heterocycles. The number of hydrogen-bond acceptors (Lipinski definition) is 8. The molecular weight excluding hydrogens is 370 g/mol. The van der Waals surface area contributed by atoms with Crippen molar-refractivity contribution in [3.8, 4) is 11.5 Å². The van der Waals surface area contributed by atoms with Crippen LogP contribution >= 0.6 is 0 Å². The molecule has 9 heteroatoms. The van der Waals surface area contributed by atoms with Gasteiger partial charge in [-0.25, -0.2) is 0 Å². The molecule has 9 nitrogen and oxygen atoms in total. The van der Waals surface area contributed by atoms with E-state index in [0.717, 1.165) is 0 Å². The number of carbonyl (C=O) groups is 3.